The van der Waals surface area contributed by atoms with E-state index in [0.29, 0.717) is 11.4 Å². The molecule has 1 amide bonds. The summed E-state index contributed by atoms with van der Waals surface area (Å²) >= 11 is 0. The molecule has 5 nitrogen and oxygen atoms in total. The number of halogens is 1. The molecule has 1 aromatic carbocycles. The first-order valence-corrected chi connectivity index (χ1v) is 8.21. The number of hydrogen-bond donors (Lipinski definition) is 1. The molecule has 0 aliphatic carbocycles. The van der Waals surface area contributed by atoms with E-state index in [1.54, 1.807) is 29.1 Å². The molecule has 3 rings (SSSR count). The molecular weight excluding hydrogens is 307 g/mol. The molecule has 2 heterocycles. The molecule has 1 fully saturated rings. The van der Waals surface area contributed by atoms with Crippen LogP contribution in [0.25, 0.3) is 5.69 Å². The van der Waals surface area contributed by atoms with Crippen LogP contribution in [0.4, 0.5) is 10.1 Å². The van der Waals surface area contributed by atoms with Gasteiger partial charge in [-0.25, -0.2) is 4.39 Å². The number of rotatable bonds is 4. The van der Waals surface area contributed by atoms with Gasteiger partial charge in [0.15, 0.2) is 0 Å². The summed E-state index contributed by atoms with van der Waals surface area (Å²) in [7, 11) is 2.09. The van der Waals surface area contributed by atoms with Crippen molar-refractivity contribution in [2.75, 3.05) is 38.5 Å². The number of aromatic nitrogens is 1. The van der Waals surface area contributed by atoms with E-state index in [0.717, 1.165) is 26.2 Å². The first kappa shape index (κ1) is 16.7. The van der Waals surface area contributed by atoms with Crippen LogP contribution in [0.3, 0.4) is 0 Å². The minimum Gasteiger partial charge on any atom is -0.325 e. The molecule has 2 aromatic rings. The Morgan fingerprint density at radius 1 is 1.17 bits per heavy atom. The maximum atomic E-state index is 14.0. The zero-order valence-corrected chi connectivity index (χ0v) is 14.1. The second kappa shape index (κ2) is 7.15. The zero-order valence-electron chi connectivity index (χ0n) is 14.1. The zero-order chi connectivity index (χ0) is 17.1. The fourth-order valence-corrected chi connectivity index (χ4v) is 2.91. The first-order chi connectivity index (χ1) is 11.5. The van der Waals surface area contributed by atoms with Gasteiger partial charge in [-0.1, -0.05) is 0 Å². The summed E-state index contributed by atoms with van der Waals surface area (Å²) in [6.45, 7) is 5.60. The Labute approximate surface area is 141 Å². The summed E-state index contributed by atoms with van der Waals surface area (Å²) in [5.41, 5.74) is 1.02. The van der Waals surface area contributed by atoms with Crippen molar-refractivity contribution in [3.8, 4) is 5.69 Å². The van der Waals surface area contributed by atoms with E-state index in [1.165, 1.54) is 6.07 Å². The van der Waals surface area contributed by atoms with Gasteiger partial charge in [0.05, 0.1) is 11.7 Å². The summed E-state index contributed by atoms with van der Waals surface area (Å²) < 4.78 is 15.7. The summed E-state index contributed by atoms with van der Waals surface area (Å²) in [5.74, 6) is -0.388. The summed E-state index contributed by atoms with van der Waals surface area (Å²) in [5, 5.41) is 2.91. The highest BCUT2D eigenvalue weighted by Gasteiger charge is 2.24. The lowest BCUT2D eigenvalue weighted by Crippen LogP contribution is -2.51. The minimum absolute atomic E-state index is 0.0652. The third kappa shape index (κ3) is 3.66. The van der Waals surface area contributed by atoms with E-state index in [1.807, 2.05) is 19.1 Å². The number of anilines is 1. The Morgan fingerprint density at radius 3 is 2.50 bits per heavy atom. The lowest BCUT2D eigenvalue weighted by molar-refractivity contribution is -0.121. The highest BCUT2D eigenvalue weighted by molar-refractivity contribution is 5.94. The molecule has 1 saturated heterocycles. The molecule has 1 atom stereocenters. The van der Waals surface area contributed by atoms with Crippen LogP contribution in [-0.2, 0) is 4.79 Å². The number of piperazine rings is 1. The van der Waals surface area contributed by atoms with Gasteiger partial charge in [0.1, 0.15) is 5.82 Å². The van der Waals surface area contributed by atoms with Gasteiger partial charge < -0.3 is 14.8 Å². The molecule has 0 bridgehead atoms. The minimum atomic E-state index is -0.323. The molecule has 24 heavy (non-hydrogen) atoms. The Kier molecular flexibility index (Phi) is 4.97. The number of likely N-dealkylation sites (N-methyl/N-ethyl adjacent to an activating group) is 1. The Balaban J connectivity index is 1.69. The Bertz CT molecular complexity index is 693. The maximum absolute atomic E-state index is 14.0. The standard InChI is InChI=1S/C18H23FN4O/c1-14(22-11-9-21(2)10-12-22)18(24)20-15-5-6-16(19)17(13-15)23-7-3-4-8-23/h3-8,13-14H,9-12H2,1-2H3,(H,20,24)/t14-/m0/s1. The fourth-order valence-electron chi connectivity index (χ4n) is 2.91. The van der Waals surface area contributed by atoms with Crippen molar-refractivity contribution in [1.82, 2.24) is 14.4 Å². The van der Waals surface area contributed by atoms with E-state index < -0.39 is 0 Å². The van der Waals surface area contributed by atoms with Gasteiger partial charge in [0.2, 0.25) is 5.91 Å². The molecule has 6 heteroatoms. The monoisotopic (exact) mass is 330 g/mol. The van der Waals surface area contributed by atoms with Crippen LogP contribution in [0.1, 0.15) is 6.92 Å². The van der Waals surface area contributed by atoms with E-state index in [9.17, 15) is 9.18 Å². The molecule has 1 N–H and O–H groups in total. The van der Waals surface area contributed by atoms with Crippen LogP contribution < -0.4 is 5.32 Å². The smallest absolute Gasteiger partial charge is 0.241 e. The summed E-state index contributed by atoms with van der Waals surface area (Å²) in [6, 6.07) is 8.09. The lowest BCUT2D eigenvalue weighted by Gasteiger charge is -2.35. The predicted octanol–water partition coefficient (Wildman–Crippen LogP) is 2.19. The van der Waals surface area contributed by atoms with E-state index in [2.05, 4.69) is 22.2 Å². The molecule has 0 radical (unpaired) electrons. The van der Waals surface area contributed by atoms with Gasteiger partial charge in [-0.3, -0.25) is 9.69 Å². The van der Waals surface area contributed by atoms with E-state index in [4.69, 9.17) is 0 Å². The van der Waals surface area contributed by atoms with Crippen molar-refractivity contribution in [2.24, 2.45) is 0 Å². The number of benzene rings is 1. The predicted molar refractivity (Wildman–Crippen MR) is 92.9 cm³/mol. The highest BCUT2D eigenvalue weighted by atomic mass is 19.1. The van der Waals surface area contributed by atoms with Crippen molar-refractivity contribution in [3.63, 3.8) is 0 Å². The number of nitrogens with zero attached hydrogens (tertiary/aromatic N) is 3. The van der Waals surface area contributed by atoms with Crippen molar-refractivity contribution >= 4 is 11.6 Å². The summed E-state index contributed by atoms with van der Waals surface area (Å²) in [4.78, 5) is 16.9. The van der Waals surface area contributed by atoms with Crippen molar-refractivity contribution in [1.29, 1.82) is 0 Å². The number of carbonyl (C=O) groups is 1. The van der Waals surface area contributed by atoms with E-state index >= 15 is 0 Å². The normalized spacial score (nSPS) is 17.6. The number of carbonyl (C=O) groups excluding carboxylic acids is 1. The Morgan fingerprint density at radius 2 is 1.83 bits per heavy atom. The molecule has 0 spiro atoms. The van der Waals surface area contributed by atoms with Crippen LogP contribution in [0.15, 0.2) is 42.7 Å². The number of amides is 1. The first-order valence-electron chi connectivity index (χ1n) is 8.21. The van der Waals surface area contributed by atoms with Gasteiger partial charge in [0.25, 0.3) is 0 Å². The maximum Gasteiger partial charge on any atom is 0.241 e. The highest BCUT2D eigenvalue weighted by Crippen LogP contribution is 2.19. The second-order valence-corrected chi connectivity index (χ2v) is 6.26. The van der Waals surface area contributed by atoms with Gasteiger partial charge in [-0.2, -0.15) is 0 Å². The van der Waals surface area contributed by atoms with Crippen LogP contribution in [-0.4, -0.2) is 59.5 Å². The number of hydrogen-bond acceptors (Lipinski definition) is 3. The molecule has 1 aliphatic heterocycles. The van der Waals surface area contributed by atoms with Crippen LogP contribution in [0.2, 0.25) is 0 Å². The molecule has 128 valence electrons. The SMILES string of the molecule is C[C@@H](C(=O)Nc1ccc(F)c(-n2cccc2)c1)N1CCN(C)CC1. The molecule has 0 unspecified atom stereocenters. The van der Waals surface area contributed by atoms with Crippen LogP contribution >= 0.6 is 0 Å². The average Bonchev–Trinajstić information content (AvgIpc) is 3.11. The van der Waals surface area contributed by atoms with Crippen molar-refractivity contribution in [3.05, 3.63) is 48.5 Å². The quantitative estimate of drug-likeness (QED) is 0.934. The van der Waals surface area contributed by atoms with E-state index in [-0.39, 0.29) is 17.8 Å². The van der Waals surface area contributed by atoms with Gasteiger partial charge in [-0.15, -0.1) is 0 Å². The number of nitrogens with one attached hydrogen (secondary N) is 1. The average molecular weight is 330 g/mol. The third-order valence-corrected chi connectivity index (χ3v) is 4.56. The molecule has 0 saturated carbocycles. The second-order valence-electron chi connectivity index (χ2n) is 6.26. The van der Waals surface area contributed by atoms with Crippen LogP contribution in [0.5, 0.6) is 0 Å². The molecule has 1 aromatic heterocycles. The lowest BCUT2D eigenvalue weighted by atomic mass is 10.2. The van der Waals surface area contributed by atoms with Gasteiger partial charge in [-0.05, 0) is 44.3 Å². The largest absolute Gasteiger partial charge is 0.325 e. The van der Waals surface area contributed by atoms with Crippen molar-refractivity contribution < 1.29 is 9.18 Å². The summed E-state index contributed by atoms with van der Waals surface area (Å²) in [6.07, 6.45) is 3.55. The van der Waals surface area contributed by atoms with Gasteiger partial charge >= 0.3 is 0 Å². The molecular formula is C18H23FN4O. The Hall–Kier alpha value is -2.18. The fraction of sp³-hybridized carbons (Fsp3) is 0.389. The van der Waals surface area contributed by atoms with Crippen LogP contribution in [0, 0.1) is 5.82 Å². The molecule has 1 aliphatic rings. The third-order valence-electron chi connectivity index (χ3n) is 4.56. The topological polar surface area (TPSA) is 40.5 Å². The van der Waals surface area contributed by atoms with Crippen molar-refractivity contribution in [2.45, 2.75) is 13.0 Å². The van der Waals surface area contributed by atoms with Gasteiger partial charge in [0, 0.05) is 44.3 Å².